The minimum atomic E-state index is -1.06. The largest absolute Gasteiger partial charge is 0.332 e. The number of benzene rings is 2. The summed E-state index contributed by atoms with van der Waals surface area (Å²) in [5, 5.41) is 9.91. The molecule has 2 atom stereocenters. The van der Waals surface area contributed by atoms with Gasteiger partial charge in [-0.25, -0.2) is 9.69 Å². The molecule has 2 aliphatic heterocycles. The maximum Gasteiger partial charge on any atom is 0.332 e. The first-order valence-corrected chi connectivity index (χ1v) is 11.7. The van der Waals surface area contributed by atoms with Crippen LogP contribution in [0.5, 0.6) is 0 Å². The second-order valence-corrected chi connectivity index (χ2v) is 10.1. The third-order valence-electron chi connectivity index (χ3n) is 6.70. The van der Waals surface area contributed by atoms with Crippen molar-refractivity contribution in [2.45, 2.75) is 31.7 Å². The molecule has 2 fully saturated rings. The molecule has 33 heavy (non-hydrogen) atoms. The lowest BCUT2D eigenvalue weighted by Gasteiger charge is -2.34. The van der Waals surface area contributed by atoms with Crippen LogP contribution < -0.4 is 4.90 Å². The number of carbonyl (C=O) groups is 2. The minimum Gasteiger partial charge on any atom is -0.310 e. The molecule has 2 aromatic rings. The molecule has 0 bridgehead atoms. The Morgan fingerprint density at radius 1 is 1.12 bits per heavy atom. The minimum absolute atomic E-state index is 0.237. The highest BCUT2D eigenvalue weighted by Gasteiger charge is 2.64. The van der Waals surface area contributed by atoms with Crippen molar-refractivity contribution in [3.8, 4) is 6.07 Å². The van der Waals surface area contributed by atoms with Crippen LogP contribution >= 0.6 is 23.2 Å². The van der Waals surface area contributed by atoms with Crippen molar-refractivity contribution in [1.82, 2.24) is 9.80 Å². The topological polar surface area (TPSA) is 67.6 Å². The Kier molecular flexibility index (Phi) is 6.41. The van der Waals surface area contributed by atoms with Gasteiger partial charge in [-0.05, 0) is 54.8 Å². The molecular formula is C25H26Cl2N4O2. The first kappa shape index (κ1) is 23.6. The monoisotopic (exact) mass is 484 g/mol. The summed E-state index contributed by atoms with van der Waals surface area (Å²) in [6, 6.07) is 13.8. The van der Waals surface area contributed by atoms with Gasteiger partial charge in [0.15, 0.2) is 0 Å². The molecule has 8 heteroatoms. The molecule has 3 amide bonds. The predicted molar refractivity (Wildman–Crippen MR) is 130 cm³/mol. The van der Waals surface area contributed by atoms with Gasteiger partial charge >= 0.3 is 6.03 Å². The normalized spacial score (nSPS) is 23.2. The highest BCUT2D eigenvalue weighted by Crippen LogP contribution is 2.46. The van der Waals surface area contributed by atoms with Crippen LogP contribution in [0.2, 0.25) is 10.0 Å². The van der Waals surface area contributed by atoms with Gasteiger partial charge in [0.1, 0.15) is 5.54 Å². The fourth-order valence-electron chi connectivity index (χ4n) is 4.90. The second-order valence-electron chi connectivity index (χ2n) is 9.24. The number of likely N-dealkylation sites (tertiary alicyclic amines) is 1. The number of halogens is 2. The smallest absolute Gasteiger partial charge is 0.310 e. The molecule has 4 rings (SSSR count). The van der Waals surface area contributed by atoms with E-state index in [0.29, 0.717) is 40.3 Å². The molecule has 2 aromatic carbocycles. The van der Waals surface area contributed by atoms with Crippen LogP contribution in [0.15, 0.2) is 42.5 Å². The van der Waals surface area contributed by atoms with Gasteiger partial charge in [0.25, 0.3) is 5.91 Å². The van der Waals surface area contributed by atoms with E-state index >= 15 is 0 Å². The zero-order valence-corrected chi connectivity index (χ0v) is 20.4. The van der Waals surface area contributed by atoms with Gasteiger partial charge in [0.2, 0.25) is 0 Å². The molecule has 2 unspecified atom stereocenters. The molecule has 2 heterocycles. The third-order valence-corrected chi connectivity index (χ3v) is 7.14. The lowest BCUT2D eigenvalue weighted by atomic mass is 9.80. The zero-order valence-electron chi connectivity index (χ0n) is 18.9. The maximum atomic E-state index is 14.1. The molecule has 0 aliphatic carbocycles. The zero-order chi connectivity index (χ0) is 23.9. The Hall–Kier alpha value is -2.59. The van der Waals surface area contributed by atoms with E-state index in [1.807, 2.05) is 12.1 Å². The van der Waals surface area contributed by atoms with E-state index in [4.69, 9.17) is 23.2 Å². The van der Waals surface area contributed by atoms with Gasteiger partial charge in [-0.15, -0.1) is 0 Å². The summed E-state index contributed by atoms with van der Waals surface area (Å²) < 4.78 is 0. The van der Waals surface area contributed by atoms with Gasteiger partial charge < -0.3 is 4.90 Å². The van der Waals surface area contributed by atoms with Crippen molar-refractivity contribution in [2.75, 3.05) is 31.6 Å². The summed E-state index contributed by atoms with van der Waals surface area (Å²) in [5.74, 6) is 0.00639. The Bertz CT molecular complexity index is 1110. The van der Waals surface area contributed by atoms with E-state index in [-0.39, 0.29) is 11.8 Å². The van der Waals surface area contributed by atoms with E-state index < -0.39 is 11.6 Å². The number of hydrogen-bond donors (Lipinski definition) is 0. The number of carbonyl (C=O) groups excluding carboxylic acids is 2. The molecule has 0 aromatic heterocycles. The second kappa shape index (κ2) is 8.98. The first-order valence-electron chi connectivity index (χ1n) is 11.0. The van der Waals surface area contributed by atoms with Crippen molar-refractivity contribution in [3.05, 3.63) is 63.6 Å². The van der Waals surface area contributed by atoms with Gasteiger partial charge in [0, 0.05) is 36.1 Å². The summed E-state index contributed by atoms with van der Waals surface area (Å²) in [5.41, 5.74) is 0.794. The molecular weight excluding hydrogens is 459 g/mol. The molecule has 2 saturated heterocycles. The highest BCUT2D eigenvalue weighted by molar-refractivity contribution is 6.35. The number of nitrogens with zero attached hydrogens (tertiary/aromatic N) is 4. The van der Waals surface area contributed by atoms with Crippen LogP contribution in [-0.2, 0) is 4.79 Å². The molecule has 172 valence electrons. The van der Waals surface area contributed by atoms with Crippen molar-refractivity contribution < 1.29 is 9.59 Å². The van der Waals surface area contributed by atoms with Crippen LogP contribution in [0, 0.1) is 17.2 Å². The first-order chi connectivity index (χ1) is 15.7. The fraction of sp³-hybridized carbons (Fsp3) is 0.400. The van der Waals surface area contributed by atoms with Crippen molar-refractivity contribution in [1.29, 1.82) is 5.26 Å². The van der Waals surface area contributed by atoms with Crippen LogP contribution in [-0.4, -0.2) is 54.0 Å². The predicted octanol–water partition coefficient (Wildman–Crippen LogP) is 5.15. The average Bonchev–Trinajstić information content (AvgIpc) is 3.24. The molecule has 0 N–H and O–H groups in total. The van der Waals surface area contributed by atoms with Gasteiger partial charge in [-0.1, -0.05) is 49.2 Å². The lowest BCUT2D eigenvalue weighted by molar-refractivity contribution is -0.124. The number of amides is 3. The van der Waals surface area contributed by atoms with Gasteiger partial charge in [-0.2, -0.15) is 5.26 Å². The standard InChI is InChI=1S/C25H26Cl2N4O2/c1-16(2)8-9-30-14-22(18-6-4-17(13-28)5-7-18)25(15-30)23(32)31(24(33)29(25)3)21-11-19(26)10-20(27)12-21/h4-7,10-12,16,22H,8-9,14-15H2,1-3H3. The fourth-order valence-corrected chi connectivity index (χ4v) is 5.42. The van der Waals surface area contributed by atoms with E-state index in [9.17, 15) is 14.9 Å². The van der Waals surface area contributed by atoms with E-state index in [2.05, 4.69) is 24.8 Å². The number of imide groups is 1. The number of hydrogen-bond acceptors (Lipinski definition) is 4. The van der Waals surface area contributed by atoms with Gasteiger partial charge in [-0.3, -0.25) is 9.69 Å². The third kappa shape index (κ3) is 4.10. The van der Waals surface area contributed by atoms with E-state index in [1.165, 1.54) is 4.90 Å². The van der Waals surface area contributed by atoms with Crippen LogP contribution in [0.1, 0.15) is 37.3 Å². The summed E-state index contributed by atoms with van der Waals surface area (Å²) in [4.78, 5) is 32.5. The summed E-state index contributed by atoms with van der Waals surface area (Å²) in [6.45, 7) is 6.27. The molecule has 2 aliphatic rings. The highest BCUT2D eigenvalue weighted by atomic mass is 35.5. The lowest BCUT2D eigenvalue weighted by Crippen LogP contribution is -2.53. The maximum absolute atomic E-state index is 14.1. The molecule has 1 spiro atoms. The average molecular weight is 485 g/mol. The number of rotatable bonds is 5. The number of likely N-dealkylation sites (N-methyl/N-ethyl adjacent to an activating group) is 1. The summed E-state index contributed by atoms with van der Waals surface area (Å²) in [7, 11) is 1.69. The number of nitriles is 1. The Balaban J connectivity index is 1.78. The van der Waals surface area contributed by atoms with Crippen molar-refractivity contribution in [3.63, 3.8) is 0 Å². The van der Waals surface area contributed by atoms with Crippen LogP contribution in [0.25, 0.3) is 0 Å². The van der Waals surface area contributed by atoms with Crippen LogP contribution in [0.4, 0.5) is 10.5 Å². The Labute approximate surface area is 204 Å². The van der Waals surface area contributed by atoms with E-state index in [0.717, 1.165) is 18.5 Å². The Morgan fingerprint density at radius 2 is 1.76 bits per heavy atom. The Morgan fingerprint density at radius 3 is 2.33 bits per heavy atom. The number of anilines is 1. The molecule has 6 nitrogen and oxygen atoms in total. The molecule has 0 radical (unpaired) electrons. The quantitative estimate of drug-likeness (QED) is 0.550. The van der Waals surface area contributed by atoms with Crippen molar-refractivity contribution >= 4 is 40.8 Å². The van der Waals surface area contributed by atoms with Crippen LogP contribution in [0.3, 0.4) is 0 Å². The van der Waals surface area contributed by atoms with Crippen molar-refractivity contribution in [2.24, 2.45) is 5.92 Å². The molecule has 0 saturated carbocycles. The van der Waals surface area contributed by atoms with E-state index in [1.54, 1.807) is 42.3 Å². The SMILES string of the molecule is CC(C)CCN1CC(c2ccc(C#N)cc2)C2(C1)C(=O)N(c1cc(Cl)cc(Cl)c1)C(=O)N2C. The number of urea groups is 1. The van der Waals surface area contributed by atoms with Gasteiger partial charge in [0.05, 0.1) is 17.3 Å². The summed E-state index contributed by atoms with van der Waals surface area (Å²) in [6.07, 6.45) is 0.996. The summed E-state index contributed by atoms with van der Waals surface area (Å²) >= 11 is 12.4.